The smallest absolute Gasteiger partial charge is 0.295 e. The summed E-state index contributed by atoms with van der Waals surface area (Å²) in [5, 5.41) is 13.2. The van der Waals surface area contributed by atoms with Gasteiger partial charge in [-0.15, -0.1) is 0 Å². The van der Waals surface area contributed by atoms with Crippen LogP contribution in [0.1, 0.15) is 22.7 Å². The number of methoxy groups -OCH3 is 1. The lowest BCUT2D eigenvalue weighted by molar-refractivity contribution is -0.378. The van der Waals surface area contributed by atoms with E-state index in [2.05, 4.69) is 4.98 Å². The molecule has 0 radical (unpaired) electrons. The van der Waals surface area contributed by atoms with Crippen molar-refractivity contribution in [3.63, 3.8) is 0 Å². The van der Waals surface area contributed by atoms with Crippen molar-refractivity contribution < 1.29 is 24.4 Å². The first kappa shape index (κ1) is 19.4. The van der Waals surface area contributed by atoms with E-state index in [-0.39, 0.29) is 12.1 Å². The highest BCUT2D eigenvalue weighted by Crippen LogP contribution is 2.39. The molecule has 1 atom stereocenters. The third kappa shape index (κ3) is 3.55. The first-order valence-corrected chi connectivity index (χ1v) is 9.51. The zero-order valence-electron chi connectivity index (χ0n) is 16.4. The molecular formula is C24H20N2O4. The molecule has 30 heavy (non-hydrogen) atoms. The van der Waals surface area contributed by atoms with Crippen LogP contribution in [0.2, 0.25) is 0 Å². The number of hydrogen-bond acceptors (Lipinski definition) is 4. The van der Waals surface area contributed by atoms with Crippen molar-refractivity contribution in [2.45, 2.75) is 12.6 Å². The lowest BCUT2D eigenvalue weighted by Gasteiger charge is -2.27. The number of pyridine rings is 1. The van der Waals surface area contributed by atoms with E-state index in [0.717, 1.165) is 5.56 Å². The predicted molar refractivity (Wildman–Crippen MR) is 108 cm³/mol. The zero-order valence-corrected chi connectivity index (χ0v) is 16.4. The number of nitrogens with zero attached hydrogens (tertiary/aromatic N) is 1. The Morgan fingerprint density at radius 3 is 2.40 bits per heavy atom. The molecule has 1 amide bonds. The molecule has 2 aromatic carbocycles. The van der Waals surface area contributed by atoms with Gasteiger partial charge in [-0.3, -0.25) is 9.59 Å². The van der Waals surface area contributed by atoms with Crippen LogP contribution in [0.4, 0.5) is 0 Å². The second kappa shape index (κ2) is 8.21. The number of aromatic amines is 1. The summed E-state index contributed by atoms with van der Waals surface area (Å²) in [5.41, 5.74) is 1.85. The molecule has 0 spiro atoms. The zero-order chi connectivity index (χ0) is 21.1. The van der Waals surface area contributed by atoms with E-state index >= 15 is 0 Å². The van der Waals surface area contributed by atoms with E-state index in [1.54, 1.807) is 74.1 Å². The highest BCUT2D eigenvalue weighted by molar-refractivity contribution is 6.46. The van der Waals surface area contributed by atoms with Gasteiger partial charge in [0.05, 0.1) is 19.7 Å². The Kier molecular flexibility index (Phi) is 5.30. The topological polar surface area (TPSA) is 83.8 Å². The number of ketones is 1. The third-order valence-corrected chi connectivity index (χ3v) is 5.12. The second-order valence-electron chi connectivity index (χ2n) is 6.96. The van der Waals surface area contributed by atoms with Crippen molar-refractivity contribution in [3.05, 3.63) is 101 Å². The summed E-state index contributed by atoms with van der Waals surface area (Å²) in [6.45, 7) is 0.199. The van der Waals surface area contributed by atoms with E-state index in [9.17, 15) is 14.7 Å². The summed E-state index contributed by atoms with van der Waals surface area (Å²) in [6.07, 6.45) is 3.53. The fourth-order valence-electron chi connectivity index (χ4n) is 3.64. The Labute approximate surface area is 174 Å². The van der Waals surface area contributed by atoms with Crippen LogP contribution >= 0.6 is 0 Å². The summed E-state index contributed by atoms with van der Waals surface area (Å²) >= 11 is 0. The van der Waals surface area contributed by atoms with Crippen molar-refractivity contribution in [1.82, 2.24) is 4.90 Å². The number of nitrogens with one attached hydrogen (secondary N) is 1. The quantitative estimate of drug-likeness (QED) is 0.372. The molecule has 4 rings (SSSR count). The van der Waals surface area contributed by atoms with Crippen molar-refractivity contribution in [1.29, 1.82) is 0 Å². The van der Waals surface area contributed by atoms with Crippen molar-refractivity contribution in [2.75, 3.05) is 7.11 Å². The highest BCUT2D eigenvalue weighted by Gasteiger charge is 2.44. The normalized spacial score (nSPS) is 17.9. The molecule has 3 aromatic rings. The standard InChI is InChI=1S/C24H20N2O4/c1-30-19-11-9-17(10-12-19)21-20(22(27)18-7-3-2-4-8-18)23(28)24(29)26(21)15-16-6-5-13-25-14-16/h2-14,21,27H,15H2,1H3. The Morgan fingerprint density at radius 2 is 1.77 bits per heavy atom. The largest absolute Gasteiger partial charge is 0.872 e. The van der Waals surface area contributed by atoms with E-state index in [0.29, 0.717) is 16.9 Å². The van der Waals surface area contributed by atoms with E-state index < -0.39 is 23.5 Å². The van der Waals surface area contributed by atoms with Gasteiger partial charge < -0.3 is 14.7 Å². The molecule has 1 fully saturated rings. The molecular weight excluding hydrogens is 380 g/mol. The SMILES string of the molecule is COc1ccc(C2C(=C([O-])c3ccccc3)C(=O)C(=O)N2Cc2ccc[nH+]c2)cc1. The molecule has 1 aromatic heterocycles. The summed E-state index contributed by atoms with van der Waals surface area (Å²) in [6, 6.07) is 18.5. The second-order valence-corrected chi connectivity index (χ2v) is 6.96. The molecule has 1 saturated heterocycles. The number of hydrogen-bond donors (Lipinski definition) is 0. The van der Waals surface area contributed by atoms with Crippen LogP contribution in [-0.2, 0) is 16.1 Å². The van der Waals surface area contributed by atoms with Crippen molar-refractivity contribution >= 4 is 17.4 Å². The van der Waals surface area contributed by atoms with E-state index in [1.165, 1.54) is 4.90 Å². The average molecular weight is 400 g/mol. The fourth-order valence-corrected chi connectivity index (χ4v) is 3.64. The minimum atomic E-state index is -0.774. The Bertz CT molecular complexity index is 1090. The minimum absolute atomic E-state index is 0.0312. The molecule has 1 aliphatic rings. The Morgan fingerprint density at radius 1 is 1.03 bits per heavy atom. The minimum Gasteiger partial charge on any atom is -0.872 e. The van der Waals surface area contributed by atoms with Crippen molar-refractivity contribution in [3.8, 4) is 5.75 Å². The van der Waals surface area contributed by atoms with Crippen LogP contribution in [-0.4, -0.2) is 23.7 Å². The summed E-state index contributed by atoms with van der Waals surface area (Å²) in [4.78, 5) is 30.3. The number of Topliss-reactive ketones (excluding diaryl/α,β-unsaturated/α-hetero) is 1. The van der Waals surface area contributed by atoms with Crippen molar-refractivity contribution in [2.24, 2.45) is 0 Å². The number of rotatable bonds is 5. The molecule has 6 heteroatoms. The van der Waals surface area contributed by atoms with Gasteiger partial charge in [-0.1, -0.05) is 48.2 Å². The molecule has 1 aliphatic heterocycles. The maximum Gasteiger partial charge on any atom is 0.295 e. The molecule has 0 bridgehead atoms. The maximum absolute atomic E-state index is 13.2. The highest BCUT2D eigenvalue weighted by atomic mass is 16.5. The molecule has 1 unspecified atom stereocenters. The fraction of sp³-hybridized carbons (Fsp3) is 0.125. The van der Waals surface area contributed by atoms with Gasteiger partial charge in [0.15, 0.2) is 12.4 Å². The molecule has 0 saturated carbocycles. The molecule has 150 valence electrons. The van der Waals surface area contributed by atoms with Gasteiger partial charge >= 0.3 is 0 Å². The number of likely N-dealkylation sites (tertiary alicyclic amines) is 1. The Balaban J connectivity index is 1.85. The maximum atomic E-state index is 13.2. The summed E-state index contributed by atoms with van der Waals surface area (Å²) in [5.74, 6) is -1.23. The van der Waals surface area contributed by atoms with Gasteiger partial charge in [-0.2, -0.15) is 0 Å². The molecule has 6 nitrogen and oxygen atoms in total. The first-order chi connectivity index (χ1) is 14.6. The van der Waals surface area contributed by atoms with E-state index in [1.807, 2.05) is 12.1 Å². The number of benzene rings is 2. The molecule has 1 N–H and O–H groups in total. The number of amides is 1. The van der Waals surface area contributed by atoms with Gasteiger partial charge in [-0.25, -0.2) is 4.98 Å². The van der Waals surface area contributed by atoms with Gasteiger partial charge in [0.1, 0.15) is 5.75 Å². The van der Waals surface area contributed by atoms with Gasteiger partial charge in [0.2, 0.25) is 5.78 Å². The number of ether oxygens (including phenoxy) is 1. The van der Waals surface area contributed by atoms with Gasteiger partial charge in [-0.05, 0) is 29.3 Å². The van der Waals surface area contributed by atoms with Crippen LogP contribution in [0.15, 0.2) is 84.7 Å². The number of carbonyl (C=O) groups is 2. The summed E-state index contributed by atoms with van der Waals surface area (Å²) < 4.78 is 5.21. The monoisotopic (exact) mass is 400 g/mol. The molecule has 0 aliphatic carbocycles. The van der Waals surface area contributed by atoms with Gasteiger partial charge in [0.25, 0.3) is 5.91 Å². The van der Waals surface area contributed by atoms with Crippen LogP contribution in [0, 0.1) is 0 Å². The van der Waals surface area contributed by atoms with Crippen LogP contribution in [0.25, 0.3) is 5.76 Å². The lowest BCUT2D eigenvalue weighted by atomic mass is 9.95. The molecule has 2 heterocycles. The van der Waals surface area contributed by atoms with Crippen LogP contribution in [0.5, 0.6) is 5.75 Å². The van der Waals surface area contributed by atoms with Crippen LogP contribution < -0.4 is 14.8 Å². The van der Waals surface area contributed by atoms with Crippen LogP contribution in [0.3, 0.4) is 0 Å². The first-order valence-electron chi connectivity index (χ1n) is 9.51. The number of H-pyrrole nitrogens is 1. The number of carbonyl (C=O) groups excluding carboxylic acids is 2. The predicted octanol–water partition coefficient (Wildman–Crippen LogP) is 1.93. The van der Waals surface area contributed by atoms with Gasteiger partial charge in [0, 0.05) is 17.2 Å². The third-order valence-electron chi connectivity index (χ3n) is 5.12. The number of aromatic nitrogens is 1. The lowest BCUT2D eigenvalue weighted by Crippen LogP contribution is -2.29. The summed E-state index contributed by atoms with van der Waals surface area (Å²) in [7, 11) is 1.56. The average Bonchev–Trinajstić information content (AvgIpc) is 3.05. The van der Waals surface area contributed by atoms with E-state index in [4.69, 9.17) is 4.74 Å². The Hall–Kier alpha value is -3.93.